The monoisotopic (exact) mass is 204 g/mol. The molecule has 1 fully saturated rings. The minimum atomic E-state index is 0.0206. The highest BCUT2D eigenvalue weighted by atomic mass is 35.5. The number of nitrogens with zero attached hydrogens (tertiary/aromatic N) is 1. The summed E-state index contributed by atoms with van der Waals surface area (Å²) >= 11 is 5.49. The third-order valence-corrected chi connectivity index (χ3v) is 3.03. The summed E-state index contributed by atoms with van der Waals surface area (Å²) in [5.41, 5.74) is 5.95. The van der Waals surface area contributed by atoms with Gasteiger partial charge in [0.2, 0.25) is 5.91 Å². The first-order valence-electron chi connectivity index (χ1n) is 4.65. The second kappa shape index (κ2) is 4.29. The number of hydrogen-bond acceptors (Lipinski definition) is 2. The second-order valence-corrected chi connectivity index (χ2v) is 4.23. The molecule has 1 saturated heterocycles. The van der Waals surface area contributed by atoms with Gasteiger partial charge in [0.05, 0.1) is 0 Å². The number of nitrogens with two attached hydrogens (primary N) is 1. The third kappa shape index (κ3) is 2.35. The molecule has 0 radical (unpaired) electrons. The summed E-state index contributed by atoms with van der Waals surface area (Å²) in [5.74, 6) is 0.841. The van der Waals surface area contributed by atoms with Crippen molar-refractivity contribution in [3.05, 3.63) is 0 Å². The molecule has 0 spiro atoms. The van der Waals surface area contributed by atoms with Gasteiger partial charge >= 0.3 is 0 Å². The van der Waals surface area contributed by atoms with Gasteiger partial charge in [0.25, 0.3) is 0 Å². The highest BCUT2D eigenvalue weighted by Gasteiger charge is 2.30. The van der Waals surface area contributed by atoms with Crippen LogP contribution in [0.1, 0.15) is 13.8 Å². The molecule has 1 aliphatic rings. The first kappa shape index (κ1) is 10.8. The molecule has 3 nitrogen and oxygen atoms in total. The Morgan fingerprint density at radius 1 is 1.46 bits per heavy atom. The molecule has 76 valence electrons. The Balaban J connectivity index is 2.58. The van der Waals surface area contributed by atoms with Crippen LogP contribution in [0.25, 0.3) is 0 Å². The molecular weight excluding hydrogens is 188 g/mol. The topological polar surface area (TPSA) is 46.3 Å². The molecule has 0 aromatic carbocycles. The molecule has 13 heavy (non-hydrogen) atoms. The summed E-state index contributed by atoms with van der Waals surface area (Å²) in [6, 6.07) is 0.208. The fourth-order valence-electron chi connectivity index (χ4n) is 1.86. The van der Waals surface area contributed by atoms with Crippen molar-refractivity contribution >= 4 is 17.5 Å². The predicted molar refractivity (Wildman–Crippen MR) is 53.6 cm³/mol. The third-order valence-electron chi connectivity index (χ3n) is 2.80. The number of likely N-dealkylation sites (tertiary alicyclic amines) is 1. The van der Waals surface area contributed by atoms with E-state index in [9.17, 15) is 4.79 Å². The minimum absolute atomic E-state index is 0.0206. The van der Waals surface area contributed by atoms with Crippen molar-refractivity contribution in [1.82, 2.24) is 4.90 Å². The normalized spacial score (nSPS) is 34.8. The van der Waals surface area contributed by atoms with E-state index in [0.717, 1.165) is 13.1 Å². The van der Waals surface area contributed by atoms with E-state index in [-0.39, 0.29) is 17.8 Å². The highest BCUT2D eigenvalue weighted by molar-refractivity contribution is 6.27. The molecule has 1 aliphatic heterocycles. The van der Waals surface area contributed by atoms with Gasteiger partial charge in [0.15, 0.2) is 0 Å². The van der Waals surface area contributed by atoms with Gasteiger partial charge in [-0.2, -0.15) is 0 Å². The molecular formula is C9H17ClN2O. The van der Waals surface area contributed by atoms with Crippen LogP contribution >= 0.6 is 11.6 Å². The Kier molecular flexibility index (Phi) is 3.56. The Bertz CT molecular complexity index is 186. The van der Waals surface area contributed by atoms with Crippen molar-refractivity contribution in [2.75, 3.05) is 19.0 Å². The molecule has 2 atom stereocenters. The maximum Gasteiger partial charge on any atom is 0.237 e. The number of carbonyl (C=O) groups is 1. The van der Waals surface area contributed by atoms with Crippen LogP contribution in [0.2, 0.25) is 0 Å². The lowest BCUT2D eigenvalue weighted by molar-refractivity contribution is -0.131. The van der Waals surface area contributed by atoms with Crippen molar-refractivity contribution in [3.63, 3.8) is 0 Å². The molecule has 1 amide bonds. The van der Waals surface area contributed by atoms with Gasteiger partial charge in [-0.3, -0.25) is 4.79 Å². The van der Waals surface area contributed by atoms with Gasteiger partial charge < -0.3 is 10.6 Å². The van der Waals surface area contributed by atoms with Gasteiger partial charge in [0.1, 0.15) is 5.88 Å². The Hall–Kier alpha value is -0.280. The lowest BCUT2D eigenvalue weighted by Crippen LogP contribution is -2.53. The van der Waals surface area contributed by atoms with Crippen LogP contribution in [0.4, 0.5) is 0 Å². The minimum Gasteiger partial charge on any atom is -0.341 e. The molecule has 0 aromatic rings. The Labute approximate surface area is 84.2 Å². The number of amides is 1. The Morgan fingerprint density at radius 3 is 2.31 bits per heavy atom. The molecule has 0 bridgehead atoms. The van der Waals surface area contributed by atoms with Crippen LogP contribution < -0.4 is 5.73 Å². The summed E-state index contributed by atoms with van der Waals surface area (Å²) < 4.78 is 0. The summed E-state index contributed by atoms with van der Waals surface area (Å²) in [6.45, 7) is 5.65. The van der Waals surface area contributed by atoms with Gasteiger partial charge in [-0.1, -0.05) is 13.8 Å². The number of alkyl halides is 1. The first-order chi connectivity index (χ1) is 6.06. The van der Waals surface area contributed by atoms with E-state index in [4.69, 9.17) is 17.3 Å². The van der Waals surface area contributed by atoms with Crippen LogP contribution in [0.3, 0.4) is 0 Å². The lowest BCUT2D eigenvalue weighted by Gasteiger charge is -2.39. The fraction of sp³-hybridized carbons (Fsp3) is 0.889. The lowest BCUT2D eigenvalue weighted by atomic mass is 9.86. The molecule has 2 unspecified atom stereocenters. The standard InChI is InChI=1S/C9H17ClN2O/c1-6-4-12(8(13)3-10)5-7(2)9(6)11/h6-7,9H,3-5,11H2,1-2H3. The number of halogens is 1. The van der Waals surface area contributed by atoms with E-state index in [1.807, 2.05) is 4.90 Å². The fourth-order valence-corrected chi connectivity index (χ4v) is 2.03. The Morgan fingerprint density at radius 2 is 1.92 bits per heavy atom. The van der Waals surface area contributed by atoms with Gasteiger partial charge in [0, 0.05) is 19.1 Å². The number of piperidine rings is 1. The molecule has 0 aliphatic carbocycles. The van der Waals surface area contributed by atoms with Gasteiger partial charge in [-0.15, -0.1) is 11.6 Å². The average Bonchev–Trinajstić information content (AvgIpc) is 2.12. The van der Waals surface area contributed by atoms with Crippen molar-refractivity contribution in [1.29, 1.82) is 0 Å². The molecule has 0 saturated carbocycles. The van der Waals surface area contributed by atoms with Crippen molar-refractivity contribution < 1.29 is 4.79 Å². The summed E-state index contributed by atoms with van der Waals surface area (Å²) in [6.07, 6.45) is 0. The molecule has 1 heterocycles. The second-order valence-electron chi connectivity index (χ2n) is 3.96. The molecule has 4 heteroatoms. The van der Waals surface area contributed by atoms with E-state index in [1.54, 1.807) is 0 Å². The average molecular weight is 205 g/mol. The zero-order valence-electron chi connectivity index (χ0n) is 8.16. The largest absolute Gasteiger partial charge is 0.341 e. The van der Waals surface area contributed by atoms with E-state index in [2.05, 4.69) is 13.8 Å². The smallest absolute Gasteiger partial charge is 0.237 e. The van der Waals surface area contributed by atoms with Crippen LogP contribution in [-0.2, 0) is 4.79 Å². The number of rotatable bonds is 1. The molecule has 1 rings (SSSR count). The number of carbonyl (C=O) groups excluding carboxylic acids is 1. The maximum absolute atomic E-state index is 11.3. The molecule has 2 N–H and O–H groups in total. The highest BCUT2D eigenvalue weighted by Crippen LogP contribution is 2.20. The summed E-state index contributed by atoms with van der Waals surface area (Å²) in [7, 11) is 0. The summed E-state index contributed by atoms with van der Waals surface area (Å²) in [5, 5.41) is 0. The van der Waals surface area contributed by atoms with Crippen molar-refractivity contribution in [3.8, 4) is 0 Å². The van der Waals surface area contributed by atoms with Gasteiger partial charge in [-0.05, 0) is 11.8 Å². The van der Waals surface area contributed by atoms with Crippen molar-refractivity contribution in [2.24, 2.45) is 17.6 Å². The zero-order valence-corrected chi connectivity index (χ0v) is 8.92. The van der Waals surface area contributed by atoms with E-state index >= 15 is 0 Å². The summed E-state index contributed by atoms with van der Waals surface area (Å²) in [4.78, 5) is 13.1. The molecule has 0 aromatic heterocycles. The van der Waals surface area contributed by atoms with Crippen LogP contribution in [0.5, 0.6) is 0 Å². The predicted octanol–water partition coefficient (Wildman–Crippen LogP) is 0.667. The van der Waals surface area contributed by atoms with Crippen LogP contribution in [0.15, 0.2) is 0 Å². The SMILES string of the molecule is CC1CN(C(=O)CCl)CC(C)C1N. The van der Waals surface area contributed by atoms with Crippen molar-refractivity contribution in [2.45, 2.75) is 19.9 Å². The van der Waals surface area contributed by atoms with E-state index in [1.165, 1.54) is 0 Å². The van der Waals surface area contributed by atoms with Gasteiger partial charge in [-0.25, -0.2) is 0 Å². The van der Waals surface area contributed by atoms with Crippen LogP contribution in [0, 0.1) is 11.8 Å². The van der Waals surface area contributed by atoms with Crippen LogP contribution in [-0.4, -0.2) is 35.8 Å². The zero-order chi connectivity index (χ0) is 10.0. The van der Waals surface area contributed by atoms with E-state index in [0.29, 0.717) is 11.8 Å². The quantitative estimate of drug-likeness (QED) is 0.639. The van der Waals surface area contributed by atoms with E-state index < -0.39 is 0 Å². The number of hydrogen-bond donors (Lipinski definition) is 1. The maximum atomic E-state index is 11.3. The first-order valence-corrected chi connectivity index (χ1v) is 5.19.